The fraction of sp³-hybridized carbons (Fsp3) is 0.0769. The molecule has 0 aliphatic rings. The second-order valence-corrected chi connectivity index (χ2v) is 4.67. The largest absolute Gasteiger partial charge is 0.334 e. The summed E-state index contributed by atoms with van der Waals surface area (Å²) in [5, 5.41) is 12.8. The third-order valence-electron chi connectivity index (χ3n) is 2.60. The van der Waals surface area contributed by atoms with Crippen LogP contribution in [0.2, 0.25) is 0 Å². The summed E-state index contributed by atoms with van der Waals surface area (Å²) in [6.07, 6.45) is 2.01. The Morgan fingerprint density at radius 2 is 2.21 bits per heavy atom. The molecular weight excluding hydrogens is 260 g/mol. The standard InChI is InChI=1S/C13H8N4OS/c14-6-5-9-3-1-2-4-10(9)13-16-12(17-18-13)11-7-15-8-19-11/h1-4,7-8H,5H2. The summed E-state index contributed by atoms with van der Waals surface area (Å²) in [7, 11) is 0. The molecule has 92 valence electrons. The molecular formula is C13H8N4OS. The van der Waals surface area contributed by atoms with Crippen LogP contribution in [-0.4, -0.2) is 15.1 Å². The maximum absolute atomic E-state index is 8.82. The lowest BCUT2D eigenvalue weighted by atomic mass is 10.1. The minimum Gasteiger partial charge on any atom is -0.334 e. The SMILES string of the molecule is N#CCc1ccccc1-c1nc(-c2cncs2)no1. The first-order chi connectivity index (χ1) is 9.38. The molecule has 2 aromatic heterocycles. The number of thiazole rings is 1. The van der Waals surface area contributed by atoms with Crippen molar-refractivity contribution in [3.05, 3.63) is 41.5 Å². The third-order valence-corrected chi connectivity index (χ3v) is 3.37. The molecule has 0 bridgehead atoms. The Morgan fingerprint density at radius 1 is 1.32 bits per heavy atom. The molecule has 0 saturated heterocycles. The molecule has 0 unspecified atom stereocenters. The quantitative estimate of drug-likeness (QED) is 0.730. The van der Waals surface area contributed by atoms with Gasteiger partial charge in [-0.2, -0.15) is 10.2 Å². The number of benzene rings is 1. The van der Waals surface area contributed by atoms with Crippen LogP contribution >= 0.6 is 11.3 Å². The van der Waals surface area contributed by atoms with E-state index in [1.54, 1.807) is 11.7 Å². The van der Waals surface area contributed by atoms with Gasteiger partial charge in [-0.1, -0.05) is 23.4 Å². The van der Waals surface area contributed by atoms with Gasteiger partial charge < -0.3 is 4.52 Å². The molecule has 0 atom stereocenters. The molecule has 0 saturated carbocycles. The maximum Gasteiger partial charge on any atom is 0.258 e. The van der Waals surface area contributed by atoms with E-state index in [-0.39, 0.29) is 0 Å². The first-order valence-electron chi connectivity index (χ1n) is 5.56. The summed E-state index contributed by atoms with van der Waals surface area (Å²) in [5.74, 6) is 0.943. The van der Waals surface area contributed by atoms with E-state index in [1.165, 1.54) is 11.3 Å². The highest BCUT2D eigenvalue weighted by Crippen LogP contribution is 2.26. The van der Waals surface area contributed by atoms with Crippen LogP contribution in [-0.2, 0) is 6.42 Å². The molecule has 0 spiro atoms. The zero-order chi connectivity index (χ0) is 13.1. The van der Waals surface area contributed by atoms with Crippen molar-refractivity contribution in [2.75, 3.05) is 0 Å². The first kappa shape index (κ1) is 11.6. The van der Waals surface area contributed by atoms with E-state index in [9.17, 15) is 0 Å². The van der Waals surface area contributed by atoms with Crippen LogP contribution in [0.5, 0.6) is 0 Å². The van der Waals surface area contributed by atoms with Gasteiger partial charge in [0.2, 0.25) is 5.82 Å². The summed E-state index contributed by atoms with van der Waals surface area (Å²) < 4.78 is 5.27. The Morgan fingerprint density at radius 3 is 3.00 bits per heavy atom. The molecule has 2 heterocycles. The normalized spacial score (nSPS) is 10.3. The van der Waals surface area contributed by atoms with Gasteiger partial charge in [0.1, 0.15) is 0 Å². The first-order valence-corrected chi connectivity index (χ1v) is 6.44. The number of nitriles is 1. The summed E-state index contributed by atoms with van der Waals surface area (Å²) in [6.45, 7) is 0. The average molecular weight is 268 g/mol. The number of nitrogens with zero attached hydrogens (tertiary/aromatic N) is 4. The van der Waals surface area contributed by atoms with E-state index in [4.69, 9.17) is 9.78 Å². The van der Waals surface area contributed by atoms with Gasteiger partial charge in [-0.05, 0) is 11.6 Å². The Balaban J connectivity index is 2.02. The zero-order valence-electron chi connectivity index (χ0n) is 9.78. The van der Waals surface area contributed by atoms with Crippen molar-refractivity contribution >= 4 is 11.3 Å². The van der Waals surface area contributed by atoms with Crippen LogP contribution in [0.4, 0.5) is 0 Å². The van der Waals surface area contributed by atoms with Crippen molar-refractivity contribution in [3.63, 3.8) is 0 Å². The molecule has 0 aliphatic carbocycles. The highest BCUT2D eigenvalue weighted by Gasteiger charge is 2.14. The topological polar surface area (TPSA) is 75.6 Å². The second kappa shape index (κ2) is 5.00. The van der Waals surface area contributed by atoms with Gasteiger partial charge in [-0.3, -0.25) is 4.98 Å². The van der Waals surface area contributed by atoms with Gasteiger partial charge in [0.25, 0.3) is 5.89 Å². The van der Waals surface area contributed by atoms with E-state index in [2.05, 4.69) is 21.2 Å². The minimum atomic E-state index is 0.314. The summed E-state index contributed by atoms with van der Waals surface area (Å²) >= 11 is 1.45. The Hall–Kier alpha value is -2.52. The molecule has 3 rings (SSSR count). The lowest BCUT2D eigenvalue weighted by molar-refractivity contribution is 0.432. The Bertz CT molecular complexity index is 727. The van der Waals surface area contributed by atoms with Crippen LogP contribution in [0.15, 0.2) is 40.5 Å². The summed E-state index contributed by atoms with van der Waals surface area (Å²) in [4.78, 5) is 9.18. The van der Waals surface area contributed by atoms with Gasteiger partial charge in [-0.25, -0.2) is 0 Å². The molecule has 19 heavy (non-hydrogen) atoms. The molecule has 0 fully saturated rings. The molecule has 1 aromatic carbocycles. The molecule has 3 aromatic rings. The molecule has 0 aliphatic heterocycles. The predicted molar refractivity (Wildman–Crippen MR) is 70.2 cm³/mol. The van der Waals surface area contributed by atoms with Gasteiger partial charge in [0, 0.05) is 11.8 Å². The third kappa shape index (κ3) is 2.23. The van der Waals surface area contributed by atoms with Crippen LogP contribution < -0.4 is 0 Å². The summed E-state index contributed by atoms with van der Waals surface area (Å²) in [5.41, 5.74) is 3.39. The van der Waals surface area contributed by atoms with Gasteiger partial charge in [0.15, 0.2) is 0 Å². The monoisotopic (exact) mass is 268 g/mol. The Kier molecular flexibility index (Phi) is 3.04. The highest BCUT2D eigenvalue weighted by atomic mass is 32.1. The maximum atomic E-state index is 8.82. The fourth-order valence-corrected chi connectivity index (χ4v) is 2.27. The highest BCUT2D eigenvalue weighted by molar-refractivity contribution is 7.13. The lowest BCUT2D eigenvalue weighted by Gasteiger charge is -2.00. The number of rotatable bonds is 3. The Labute approximate surface area is 113 Å². The van der Waals surface area contributed by atoms with Crippen molar-refractivity contribution in [2.45, 2.75) is 6.42 Å². The van der Waals surface area contributed by atoms with E-state index in [0.29, 0.717) is 18.1 Å². The molecule has 0 amide bonds. The molecule has 5 nitrogen and oxygen atoms in total. The predicted octanol–water partition coefficient (Wildman–Crippen LogP) is 2.93. The zero-order valence-corrected chi connectivity index (χ0v) is 10.6. The molecule has 0 radical (unpaired) electrons. The van der Waals surface area contributed by atoms with Crippen molar-refractivity contribution in [1.29, 1.82) is 5.26 Å². The second-order valence-electron chi connectivity index (χ2n) is 3.78. The van der Waals surface area contributed by atoms with Crippen molar-refractivity contribution in [1.82, 2.24) is 15.1 Å². The van der Waals surface area contributed by atoms with E-state index in [0.717, 1.165) is 16.0 Å². The van der Waals surface area contributed by atoms with Crippen LogP contribution in [0.3, 0.4) is 0 Å². The van der Waals surface area contributed by atoms with Crippen molar-refractivity contribution in [2.24, 2.45) is 0 Å². The minimum absolute atomic E-state index is 0.314. The fourth-order valence-electron chi connectivity index (χ4n) is 1.73. The van der Waals surface area contributed by atoms with E-state index < -0.39 is 0 Å². The molecule has 6 heteroatoms. The van der Waals surface area contributed by atoms with Crippen molar-refractivity contribution in [3.8, 4) is 28.2 Å². The summed E-state index contributed by atoms with van der Waals surface area (Å²) in [6, 6.07) is 9.65. The van der Waals surface area contributed by atoms with Crippen LogP contribution in [0, 0.1) is 11.3 Å². The number of hydrogen-bond acceptors (Lipinski definition) is 6. The number of aromatic nitrogens is 3. The van der Waals surface area contributed by atoms with Crippen molar-refractivity contribution < 1.29 is 4.52 Å². The van der Waals surface area contributed by atoms with Gasteiger partial charge >= 0.3 is 0 Å². The van der Waals surface area contributed by atoms with Crippen LogP contribution in [0.1, 0.15) is 5.56 Å². The van der Waals surface area contributed by atoms with Gasteiger partial charge in [-0.15, -0.1) is 11.3 Å². The van der Waals surface area contributed by atoms with E-state index >= 15 is 0 Å². The molecule has 0 N–H and O–H groups in total. The lowest BCUT2D eigenvalue weighted by Crippen LogP contribution is -1.88. The smallest absolute Gasteiger partial charge is 0.258 e. The van der Waals surface area contributed by atoms with Gasteiger partial charge in [0.05, 0.1) is 22.9 Å². The van der Waals surface area contributed by atoms with Crippen LogP contribution in [0.25, 0.3) is 22.2 Å². The number of hydrogen-bond donors (Lipinski definition) is 0. The average Bonchev–Trinajstić information content (AvgIpc) is 3.11. The van der Waals surface area contributed by atoms with E-state index in [1.807, 2.05) is 24.3 Å².